The molecule has 0 aliphatic rings. The Labute approximate surface area is 284 Å². The molecule has 0 atom stereocenters. The Kier molecular flexibility index (Phi) is 5.51. The molecule has 0 aliphatic heterocycles. The number of para-hydroxylation sites is 3. The molecule has 0 saturated heterocycles. The minimum Gasteiger partial charge on any atom is -0.309 e. The third-order valence-electron chi connectivity index (χ3n) is 9.92. The number of thiophene rings is 1. The van der Waals surface area contributed by atoms with Crippen LogP contribution in [0.15, 0.2) is 158 Å². The highest BCUT2D eigenvalue weighted by Crippen LogP contribution is 2.44. The molecule has 11 aromatic rings. The van der Waals surface area contributed by atoms with Gasteiger partial charge in [-0.2, -0.15) is 0 Å². The highest BCUT2D eigenvalue weighted by molar-refractivity contribution is 7.26. The van der Waals surface area contributed by atoms with Crippen molar-refractivity contribution in [2.24, 2.45) is 0 Å². The number of aromatic nitrogens is 4. The monoisotopic (exact) mass is 642 g/mol. The zero-order valence-electron chi connectivity index (χ0n) is 26.2. The van der Waals surface area contributed by atoms with Crippen molar-refractivity contribution in [2.45, 2.75) is 0 Å². The van der Waals surface area contributed by atoms with E-state index in [1.807, 2.05) is 0 Å². The first-order chi connectivity index (χ1) is 24.3. The van der Waals surface area contributed by atoms with Crippen molar-refractivity contribution >= 4 is 86.0 Å². The second-order valence-corrected chi connectivity index (χ2v) is 13.6. The van der Waals surface area contributed by atoms with Crippen LogP contribution in [0.5, 0.6) is 0 Å². The highest BCUT2D eigenvalue weighted by atomic mass is 32.1. The maximum Gasteiger partial charge on any atom is 0.235 e. The predicted octanol–water partition coefficient (Wildman–Crippen LogP) is 11.9. The fourth-order valence-corrected chi connectivity index (χ4v) is 9.03. The van der Waals surface area contributed by atoms with Gasteiger partial charge in [-0.15, -0.1) is 11.3 Å². The fourth-order valence-electron chi connectivity index (χ4n) is 7.86. The molecule has 7 aromatic carbocycles. The molecule has 4 heterocycles. The van der Waals surface area contributed by atoms with Crippen molar-refractivity contribution in [2.75, 3.05) is 0 Å². The second-order valence-electron chi connectivity index (χ2n) is 12.6. The Hall–Kier alpha value is -6.30. The van der Waals surface area contributed by atoms with Crippen LogP contribution in [-0.4, -0.2) is 19.1 Å². The lowest BCUT2D eigenvalue weighted by Crippen LogP contribution is -2.02. The van der Waals surface area contributed by atoms with Crippen LogP contribution >= 0.6 is 11.3 Å². The minimum absolute atomic E-state index is 0.673. The van der Waals surface area contributed by atoms with Crippen LogP contribution in [0.25, 0.3) is 97.6 Å². The molecule has 0 unspecified atom stereocenters. The second kappa shape index (κ2) is 10.1. The number of hydrogen-bond acceptors (Lipinski definition) is 3. The van der Waals surface area contributed by atoms with Crippen molar-refractivity contribution in [3.63, 3.8) is 0 Å². The van der Waals surface area contributed by atoms with Crippen molar-refractivity contribution in [1.29, 1.82) is 0 Å². The van der Waals surface area contributed by atoms with E-state index in [-0.39, 0.29) is 0 Å². The first-order valence-electron chi connectivity index (χ1n) is 16.5. The Balaban J connectivity index is 1.33. The van der Waals surface area contributed by atoms with Gasteiger partial charge in [-0.1, -0.05) is 121 Å². The van der Waals surface area contributed by atoms with Crippen LogP contribution in [0.2, 0.25) is 0 Å². The smallest absolute Gasteiger partial charge is 0.235 e. The van der Waals surface area contributed by atoms with Crippen LogP contribution in [0, 0.1) is 0 Å². The molecule has 0 bridgehead atoms. The number of nitrogens with zero attached hydrogens (tertiary/aromatic N) is 4. The highest BCUT2D eigenvalue weighted by Gasteiger charge is 2.24. The van der Waals surface area contributed by atoms with E-state index in [1.54, 1.807) is 11.3 Å². The summed E-state index contributed by atoms with van der Waals surface area (Å²) in [6, 6.07) is 56.3. The van der Waals surface area contributed by atoms with Gasteiger partial charge in [0.15, 0.2) is 0 Å². The number of fused-ring (bicyclic) bond motifs is 12. The first-order valence-corrected chi connectivity index (χ1v) is 17.3. The van der Waals surface area contributed by atoms with Crippen molar-refractivity contribution in [3.8, 4) is 22.9 Å². The zero-order valence-corrected chi connectivity index (χ0v) is 27.0. The largest absolute Gasteiger partial charge is 0.309 e. The average Bonchev–Trinajstić information content (AvgIpc) is 3.83. The molecule has 11 rings (SSSR count). The third kappa shape index (κ3) is 3.73. The van der Waals surface area contributed by atoms with Crippen LogP contribution in [-0.2, 0) is 0 Å². The van der Waals surface area contributed by atoms with E-state index in [0.29, 0.717) is 5.95 Å². The van der Waals surface area contributed by atoms with E-state index in [9.17, 15) is 0 Å². The Morgan fingerprint density at radius 2 is 1.12 bits per heavy atom. The van der Waals surface area contributed by atoms with Crippen LogP contribution in [0.1, 0.15) is 0 Å². The summed E-state index contributed by atoms with van der Waals surface area (Å²) >= 11 is 1.78. The van der Waals surface area contributed by atoms with Crippen LogP contribution in [0.3, 0.4) is 0 Å². The van der Waals surface area contributed by atoms with Crippen molar-refractivity contribution in [3.05, 3.63) is 158 Å². The van der Waals surface area contributed by atoms with Crippen molar-refractivity contribution < 1.29 is 0 Å². The molecule has 5 heteroatoms. The Bertz CT molecular complexity index is 3100. The first kappa shape index (κ1) is 26.7. The molecule has 0 spiro atoms. The predicted molar refractivity (Wildman–Crippen MR) is 207 cm³/mol. The molecular formula is C44H26N4S. The van der Waals surface area contributed by atoms with Gasteiger partial charge in [-0.05, 0) is 47.2 Å². The van der Waals surface area contributed by atoms with Gasteiger partial charge in [0.25, 0.3) is 0 Å². The van der Waals surface area contributed by atoms with Gasteiger partial charge in [-0.25, -0.2) is 9.97 Å². The maximum absolute atomic E-state index is 5.50. The van der Waals surface area contributed by atoms with Gasteiger partial charge >= 0.3 is 0 Å². The molecule has 0 fully saturated rings. The van der Waals surface area contributed by atoms with Crippen LogP contribution in [0.4, 0.5) is 0 Å². The standard InChI is InChI=1S/C44H26N4S/c1-3-14-28(15-4-1)40-43-41(39-30-18-8-7-13-27(30)23-26-37(39)49-43)46-44(45-40)48-35-22-12-10-20-33(35)38-36(48)25-24-32-31-19-9-11-21-34(31)47(42(32)38)29-16-5-2-6-17-29/h1-26H. The SMILES string of the molecule is c1ccc(-c2nc(-n3c4ccccc4c4c3ccc3c5ccccc5n(-c5ccccc5)c34)nc3c2sc2ccc4ccccc4c23)cc1. The molecule has 228 valence electrons. The molecule has 0 saturated carbocycles. The summed E-state index contributed by atoms with van der Waals surface area (Å²) in [5, 5.41) is 8.45. The number of benzene rings is 7. The quantitative estimate of drug-likeness (QED) is 0.192. The van der Waals surface area contributed by atoms with E-state index in [0.717, 1.165) is 38.2 Å². The van der Waals surface area contributed by atoms with E-state index < -0.39 is 0 Å². The molecule has 4 aromatic heterocycles. The minimum atomic E-state index is 0.673. The summed E-state index contributed by atoms with van der Waals surface area (Å²) < 4.78 is 7.02. The lowest BCUT2D eigenvalue weighted by Gasteiger charge is -2.11. The lowest BCUT2D eigenvalue weighted by atomic mass is 10.1. The van der Waals surface area contributed by atoms with E-state index in [1.165, 1.54) is 53.4 Å². The summed E-state index contributed by atoms with van der Waals surface area (Å²) in [4.78, 5) is 10.9. The summed E-state index contributed by atoms with van der Waals surface area (Å²) in [6.07, 6.45) is 0. The molecule has 0 aliphatic carbocycles. The number of hydrogen-bond donors (Lipinski definition) is 0. The van der Waals surface area contributed by atoms with Gasteiger partial charge in [0, 0.05) is 42.9 Å². The molecule has 0 radical (unpaired) electrons. The molecule has 49 heavy (non-hydrogen) atoms. The fraction of sp³-hybridized carbons (Fsp3) is 0. The van der Waals surface area contributed by atoms with Gasteiger partial charge in [0.05, 0.1) is 38.0 Å². The summed E-state index contributed by atoms with van der Waals surface area (Å²) in [7, 11) is 0. The molecule has 0 N–H and O–H groups in total. The summed E-state index contributed by atoms with van der Waals surface area (Å²) in [6.45, 7) is 0. The molecule has 0 amide bonds. The molecular weight excluding hydrogens is 617 g/mol. The summed E-state index contributed by atoms with van der Waals surface area (Å²) in [5.41, 5.74) is 8.71. The molecule has 4 nitrogen and oxygen atoms in total. The third-order valence-corrected chi connectivity index (χ3v) is 11.1. The lowest BCUT2D eigenvalue weighted by molar-refractivity contribution is 1.02. The average molecular weight is 643 g/mol. The van der Waals surface area contributed by atoms with Gasteiger partial charge in [-0.3, -0.25) is 4.57 Å². The van der Waals surface area contributed by atoms with Gasteiger partial charge in [0.1, 0.15) is 0 Å². The normalized spacial score (nSPS) is 12.1. The number of rotatable bonds is 3. The van der Waals surface area contributed by atoms with Crippen LogP contribution < -0.4 is 0 Å². The maximum atomic E-state index is 5.50. The van der Waals surface area contributed by atoms with Gasteiger partial charge < -0.3 is 4.57 Å². The van der Waals surface area contributed by atoms with E-state index in [4.69, 9.17) is 9.97 Å². The Morgan fingerprint density at radius 1 is 0.449 bits per heavy atom. The zero-order chi connectivity index (χ0) is 32.1. The van der Waals surface area contributed by atoms with E-state index in [2.05, 4.69) is 167 Å². The van der Waals surface area contributed by atoms with Gasteiger partial charge in [0.2, 0.25) is 5.95 Å². The topological polar surface area (TPSA) is 35.6 Å². The Morgan fingerprint density at radius 3 is 1.94 bits per heavy atom. The van der Waals surface area contributed by atoms with E-state index >= 15 is 0 Å². The summed E-state index contributed by atoms with van der Waals surface area (Å²) in [5.74, 6) is 0.673. The van der Waals surface area contributed by atoms with Crippen molar-refractivity contribution in [1.82, 2.24) is 19.1 Å².